The van der Waals surface area contributed by atoms with Crippen LogP contribution in [-0.4, -0.2) is 30.1 Å². The van der Waals surface area contributed by atoms with Crippen LogP contribution in [0.5, 0.6) is 0 Å². The minimum atomic E-state index is -4.74. The van der Waals surface area contributed by atoms with Crippen LogP contribution in [0.15, 0.2) is 120 Å². The minimum Gasteiger partial charge on any atom is -0.512 e. The van der Waals surface area contributed by atoms with E-state index in [0.29, 0.717) is 49.8 Å². The number of hydrogen-bond acceptors (Lipinski definition) is 6. The standard InChI is InChI=1S/C36H35F3N2O5S/c1-2-30(27-14-9-15-29(22-27)41-47(44,45)32-23-28(18-21-40-32)36(37,38)39)33-31(42)24-35(46-34(33)43,19-16-25-10-5-3-6-11-25)20-17-26-12-7-4-8-13-26/h3-15,18,21-23,30,41-42H,2,16-17,19-20,24H2,1H3/t30-/m1/s1. The molecular formula is C36H35F3N2O5S. The Morgan fingerprint density at radius 2 is 1.53 bits per heavy atom. The number of rotatable bonds is 12. The van der Waals surface area contributed by atoms with Crippen molar-refractivity contribution in [3.8, 4) is 0 Å². The van der Waals surface area contributed by atoms with E-state index in [2.05, 4.69) is 9.71 Å². The minimum absolute atomic E-state index is 0.0597. The number of carbonyl (C=O) groups excluding carboxylic acids is 1. The van der Waals surface area contributed by atoms with Gasteiger partial charge in [0.05, 0.1) is 11.1 Å². The van der Waals surface area contributed by atoms with Crippen LogP contribution in [0.2, 0.25) is 0 Å². The molecule has 5 rings (SSSR count). The van der Waals surface area contributed by atoms with Crippen molar-refractivity contribution in [2.24, 2.45) is 0 Å². The molecule has 47 heavy (non-hydrogen) atoms. The van der Waals surface area contributed by atoms with Gasteiger partial charge >= 0.3 is 12.1 Å². The van der Waals surface area contributed by atoms with Gasteiger partial charge in [0.25, 0.3) is 10.0 Å². The normalized spacial score (nSPS) is 15.6. The maximum atomic E-state index is 13.8. The number of aliphatic hydroxyl groups is 1. The van der Waals surface area contributed by atoms with Crippen molar-refractivity contribution in [2.75, 3.05) is 4.72 Å². The summed E-state index contributed by atoms with van der Waals surface area (Å²) >= 11 is 0. The van der Waals surface area contributed by atoms with Crippen molar-refractivity contribution < 1.29 is 36.2 Å². The molecule has 7 nitrogen and oxygen atoms in total. The molecule has 0 saturated heterocycles. The number of nitrogens with one attached hydrogen (secondary N) is 1. The molecule has 246 valence electrons. The molecule has 2 N–H and O–H groups in total. The first-order valence-electron chi connectivity index (χ1n) is 15.3. The highest BCUT2D eigenvalue weighted by molar-refractivity contribution is 7.92. The first-order valence-corrected chi connectivity index (χ1v) is 16.8. The molecular weight excluding hydrogens is 629 g/mol. The third-order valence-corrected chi connectivity index (χ3v) is 9.67. The summed E-state index contributed by atoms with van der Waals surface area (Å²) in [7, 11) is -4.48. The first kappa shape index (κ1) is 33.7. The van der Waals surface area contributed by atoms with Gasteiger partial charge in [0, 0.05) is 24.2 Å². The number of cyclic esters (lactones) is 1. The van der Waals surface area contributed by atoms with Crippen molar-refractivity contribution in [1.29, 1.82) is 0 Å². The molecule has 0 bridgehead atoms. The highest BCUT2D eigenvalue weighted by atomic mass is 32.2. The van der Waals surface area contributed by atoms with Gasteiger partial charge in [-0.25, -0.2) is 9.78 Å². The summed E-state index contributed by atoms with van der Waals surface area (Å²) in [5.41, 5.74) is 0.764. The second-order valence-corrected chi connectivity index (χ2v) is 13.3. The van der Waals surface area contributed by atoms with E-state index >= 15 is 0 Å². The Balaban J connectivity index is 1.41. The molecule has 0 saturated carbocycles. The van der Waals surface area contributed by atoms with Crippen LogP contribution in [0.1, 0.15) is 60.8 Å². The van der Waals surface area contributed by atoms with E-state index in [1.807, 2.05) is 67.6 Å². The van der Waals surface area contributed by atoms with Gasteiger partial charge in [-0.3, -0.25) is 4.72 Å². The predicted molar refractivity (Wildman–Crippen MR) is 172 cm³/mol. The van der Waals surface area contributed by atoms with E-state index in [0.717, 1.165) is 17.3 Å². The van der Waals surface area contributed by atoms with Crippen LogP contribution in [0.4, 0.5) is 18.9 Å². The number of nitrogens with zero attached hydrogens (tertiary/aromatic N) is 1. The molecule has 2 heterocycles. The van der Waals surface area contributed by atoms with Crippen LogP contribution >= 0.6 is 0 Å². The Kier molecular flexibility index (Phi) is 10.0. The molecule has 0 radical (unpaired) electrons. The molecule has 1 aliphatic rings. The molecule has 0 amide bonds. The predicted octanol–water partition coefficient (Wildman–Crippen LogP) is 8.16. The van der Waals surface area contributed by atoms with E-state index in [9.17, 15) is 31.5 Å². The Morgan fingerprint density at radius 3 is 2.09 bits per heavy atom. The highest BCUT2D eigenvalue weighted by Gasteiger charge is 2.43. The molecule has 4 aromatic rings. The SMILES string of the molecule is CC[C@@H](C1=C(O)CC(CCc2ccccc2)(CCc2ccccc2)OC1=O)c1cccc(NS(=O)(=O)c2cc(C(F)(F)F)ccn2)c1. The topological polar surface area (TPSA) is 106 Å². The second kappa shape index (κ2) is 14.0. The number of alkyl halides is 3. The lowest BCUT2D eigenvalue weighted by Crippen LogP contribution is -2.42. The number of carbonyl (C=O) groups is 1. The van der Waals surface area contributed by atoms with Crippen LogP contribution in [0.3, 0.4) is 0 Å². The van der Waals surface area contributed by atoms with Gasteiger partial charge in [-0.1, -0.05) is 79.7 Å². The number of halogens is 3. The van der Waals surface area contributed by atoms with Gasteiger partial charge in [0.1, 0.15) is 11.4 Å². The monoisotopic (exact) mass is 664 g/mol. The summed E-state index contributed by atoms with van der Waals surface area (Å²) < 4.78 is 74.0. The third kappa shape index (κ3) is 8.21. The molecule has 0 unspecified atom stereocenters. The summed E-state index contributed by atoms with van der Waals surface area (Å²) in [4.78, 5) is 17.4. The van der Waals surface area contributed by atoms with Crippen molar-refractivity contribution >= 4 is 21.7 Å². The van der Waals surface area contributed by atoms with Crippen molar-refractivity contribution in [2.45, 2.75) is 68.2 Å². The summed E-state index contributed by atoms with van der Waals surface area (Å²) in [5.74, 6) is -1.35. The van der Waals surface area contributed by atoms with Gasteiger partial charge in [0.15, 0.2) is 5.03 Å². The first-order chi connectivity index (χ1) is 22.4. The lowest BCUT2D eigenvalue weighted by molar-refractivity contribution is -0.161. The summed E-state index contributed by atoms with van der Waals surface area (Å²) in [6.07, 6.45) is -1.16. The molecule has 1 atom stereocenters. The van der Waals surface area contributed by atoms with E-state index in [1.54, 1.807) is 12.1 Å². The van der Waals surface area contributed by atoms with Crippen molar-refractivity contribution in [3.05, 3.63) is 137 Å². The van der Waals surface area contributed by atoms with E-state index in [-0.39, 0.29) is 23.4 Å². The summed E-state index contributed by atoms with van der Waals surface area (Å²) in [6.45, 7) is 1.83. The number of pyridine rings is 1. The molecule has 0 spiro atoms. The lowest BCUT2D eigenvalue weighted by atomic mass is 9.79. The summed E-state index contributed by atoms with van der Waals surface area (Å²) in [6, 6.07) is 27.0. The fraction of sp³-hybridized carbons (Fsp3) is 0.278. The maximum absolute atomic E-state index is 13.8. The van der Waals surface area contributed by atoms with Gasteiger partial charge in [-0.2, -0.15) is 21.6 Å². The number of aryl methyl sites for hydroxylation is 2. The maximum Gasteiger partial charge on any atom is 0.416 e. The largest absolute Gasteiger partial charge is 0.512 e. The smallest absolute Gasteiger partial charge is 0.416 e. The van der Waals surface area contributed by atoms with Crippen LogP contribution in [-0.2, 0) is 38.6 Å². The fourth-order valence-electron chi connectivity index (χ4n) is 5.95. The van der Waals surface area contributed by atoms with Gasteiger partial charge in [0.2, 0.25) is 0 Å². The molecule has 1 aromatic heterocycles. The van der Waals surface area contributed by atoms with E-state index < -0.39 is 44.3 Å². The molecule has 1 aliphatic heterocycles. The average molecular weight is 665 g/mol. The number of aromatic nitrogens is 1. The Labute approximate surface area is 272 Å². The van der Waals surface area contributed by atoms with Crippen LogP contribution < -0.4 is 4.72 Å². The lowest BCUT2D eigenvalue weighted by Gasteiger charge is -2.39. The van der Waals surface area contributed by atoms with E-state index in [1.165, 1.54) is 12.1 Å². The van der Waals surface area contributed by atoms with E-state index in [4.69, 9.17) is 4.74 Å². The number of hydrogen-bond donors (Lipinski definition) is 2. The fourth-order valence-corrected chi connectivity index (χ4v) is 6.98. The van der Waals surface area contributed by atoms with Gasteiger partial charge < -0.3 is 9.84 Å². The summed E-state index contributed by atoms with van der Waals surface area (Å²) in [5, 5.41) is 10.7. The van der Waals surface area contributed by atoms with Crippen molar-refractivity contribution in [1.82, 2.24) is 4.98 Å². The number of benzene rings is 3. The average Bonchev–Trinajstić information content (AvgIpc) is 3.05. The molecule has 3 aromatic carbocycles. The molecule has 0 aliphatic carbocycles. The Hall–Kier alpha value is -4.64. The highest BCUT2D eigenvalue weighted by Crippen LogP contribution is 2.42. The van der Waals surface area contributed by atoms with Gasteiger partial charge in [-0.15, -0.1) is 0 Å². The number of esters is 1. The number of sulfonamides is 1. The Morgan fingerprint density at radius 1 is 0.915 bits per heavy atom. The zero-order chi connectivity index (χ0) is 33.7. The van der Waals surface area contributed by atoms with Crippen molar-refractivity contribution in [3.63, 3.8) is 0 Å². The Bertz CT molecular complexity index is 1800. The third-order valence-electron chi connectivity index (χ3n) is 8.39. The number of anilines is 1. The zero-order valence-corrected chi connectivity index (χ0v) is 26.5. The molecule has 0 fully saturated rings. The zero-order valence-electron chi connectivity index (χ0n) is 25.7. The molecule has 11 heteroatoms. The van der Waals surface area contributed by atoms with Crippen LogP contribution in [0, 0.1) is 0 Å². The second-order valence-electron chi connectivity index (χ2n) is 11.7. The number of aliphatic hydroxyl groups excluding tert-OH is 1. The quantitative estimate of drug-likeness (QED) is 0.148. The van der Waals surface area contributed by atoms with Crippen LogP contribution in [0.25, 0.3) is 0 Å². The van der Waals surface area contributed by atoms with Gasteiger partial charge in [-0.05, 0) is 73.1 Å². The number of ether oxygens (including phenoxy) is 1.